The molecule has 118 valence electrons. The second-order valence-corrected chi connectivity index (χ2v) is 6.32. The smallest absolute Gasteiger partial charge is 0.131 e. The highest BCUT2D eigenvalue weighted by molar-refractivity contribution is 5.30. The van der Waals surface area contributed by atoms with Gasteiger partial charge in [0.2, 0.25) is 0 Å². The lowest BCUT2D eigenvalue weighted by molar-refractivity contribution is 0.313. The van der Waals surface area contributed by atoms with Gasteiger partial charge in [0.15, 0.2) is 0 Å². The summed E-state index contributed by atoms with van der Waals surface area (Å²) in [6.07, 6.45) is 8.00. The molecule has 1 aromatic rings. The highest BCUT2D eigenvalue weighted by atomic mass is 19.1. The molecule has 0 bridgehead atoms. The van der Waals surface area contributed by atoms with Crippen molar-refractivity contribution in [1.29, 1.82) is 0 Å². The average molecular weight is 293 g/mol. The van der Waals surface area contributed by atoms with Gasteiger partial charge < -0.3 is 10.1 Å². The molecular formula is C18H28FNO. The maximum absolute atomic E-state index is 14.1. The summed E-state index contributed by atoms with van der Waals surface area (Å²) >= 11 is 0. The van der Waals surface area contributed by atoms with Crippen LogP contribution in [0, 0.1) is 11.7 Å². The Morgan fingerprint density at radius 3 is 2.38 bits per heavy atom. The summed E-state index contributed by atoms with van der Waals surface area (Å²) in [7, 11) is 1.56. The van der Waals surface area contributed by atoms with Gasteiger partial charge in [-0.3, -0.25) is 0 Å². The van der Waals surface area contributed by atoms with Crippen molar-refractivity contribution in [1.82, 2.24) is 5.32 Å². The van der Waals surface area contributed by atoms with Gasteiger partial charge in [-0.05, 0) is 38.7 Å². The molecule has 2 rings (SSSR count). The molecule has 1 saturated carbocycles. The van der Waals surface area contributed by atoms with E-state index in [1.165, 1.54) is 44.6 Å². The largest absolute Gasteiger partial charge is 0.497 e. The summed E-state index contributed by atoms with van der Waals surface area (Å²) in [6, 6.07) is 5.57. The maximum atomic E-state index is 14.1. The summed E-state index contributed by atoms with van der Waals surface area (Å²) < 4.78 is 19.2. The van der Waals surface area contributed by atoms with Crippen LogP contribution in [0.3, 0.4) is 0 Å². The van der Waals surface area contributed by atoms with E-state index in [9.17, 15) is 4.39 Å². The van der Waals surface area contributed by atoms with Crippen molar-refractivity contribution in [2.24, 2.45) is 5.92 Å². The molecule has 0 heterocycles. The SMILES string of the molecule is COc1ccc(C(C)N[C@@H](C)C2CCCCCC2)c(F)c1. The van der Waals surface area contributed by atoms with Crippen LogP contribution in [0.5, 0.6) is 5.75 Å². The number of ether oxygens (including phenoxy) is 1. The number of hydrogen-bond donors (Lipinski definition) is 1. The summed E-state index contributed by atoms with van der Waals surface area (Å²) in [5, 5.41) is 3.59. The Hall–Kier alpha value is -1.09. The van der Waals surface area contributed by atoms with E-state index in [2.05, 4.69) is 12.2 Å². The second-order valence-electron chi connectivity index (χ2n) is 6.32. The van der Waals surface area contributed by atoms with E-state index in [-0.39, 0.29) is 11.9 Å². The van der Waals surface area contributed by atoms with Crippen LogP contribution in [0.1, 0.15) is 64.0 Å². The minimum Gasteiger partial charge on any atom is -0.497 e. The van der Waals surface area contributed by atoms with Crippen LogP contribution in [0.15, 0.2) is 18.2 Å². The van der Waals surface area contributed by atoms with Crippen molar-refractivity contribution >= 4 is 0 Å². The number of rotatable bonds is 5. The normalized spacial score (nSPS) is 19.8. The van der Waals surface area contributed by atoms with Gasteiger partial charge in [0, 0.05) is 23.7 Å². The Balaban J connectivity index is 1.98. The molecular weight excluding hydrogens is 265 g/mol. The molecule has 0 aromatic heterocycles. The average Bonchev–Trinajstić information content (AvgIpc) is 2.75. The molecule has 21 heavy (non-hydrogen) atoms. The zero-order valence-corrected chi connectivity index (χ0v) is 13.5. The number of hydrogen-bond acceptors (Lipinski definition) is 2. The lowest BCUT2D eigenvalue weighted by Crippen LogP contribution is -2.35. The highest BCUT2D eigenvalue weighted by Crippen LogP contribution is 2.28. The van der Waals surface area contributed by atoms with Crippen LogP contribution in [-0.4, -0.2) is 13.2 Å². The van der Waals surface area contributed by atoms with E-state index in [0.29, 0.717) is 11.8 Å². The van der Waals surface area contributed by atoms with E-state index in [4.69, 9.17) is 4.74 Å². The van der Waals surface area contributed by atoms with Crippen LogP contribution < -0.4 is 10.1 Å². The van der Waals surface area contributed by atoms with Crippen LogP contribution in [0.25, 0.3) is 0 Å². The lowest BCUT2D eigenvalue weighted by Gasteiger charge is -2.27. The maximum Gasteiger partial charge on any atom is 0.131 e. The molecule has 1 aliphatic carbocycles. The third-order valence-corrected chi connectivity index (χ3v) is 4.79. The van der Waals surface area contributed by atoms with Crippen LogP contribution in [-0.2, 0) is 0 Å². The van der Waals surface area contributed by atoms with Gasteiger partial charge in [-0.2, -0.15) is 0 Å². The molecule has 0 radical (unpaired) electrons. The number of halogens is 1. The van der Waals surface area contributed by atoms with Crippen molar-refractivity contribution in [2.75, 3.05) is 7.11 Å². The van der Waals surface area contributed by atoms with E-state index in [1.807, 2.05) is 19.1 Å². The second kappa shape index (κ2) is 7.79. The van der Waals surface area contributed by atoms with Crippen LogP contribution in [0.4, 0.5) is 4.39 Å². The Kier molecular flexibility index (Phi) is 6.04. The highest BCUT2D eigenvalue weighted by Gasteiger charge is 2.21. The summed E-state index contributed by atoms with van der Waals surface area (Å²) in [4.78, 5) is 0. The Morgan fingerprint density at radius 1 is 1.14 bits per heavy atom. The van der Waals surface area contributed by atoms with Crippen LogP contribution >= 0.6 is 0 Å². The molecule has 0 aliphatic heterocycles. The van der Waals surface area contributed by atoms with Gasteiger partial charge in [0.05, 0.1) is 7.11 Å². The molecule has 2 atom stereocenters. The predicted octanol–water partition coefficient (Wildman–Crippen LogP) is 4.84. The van der Waals surface area contributed by atoms with Gasteiger partial charge in [-0.1, -0.05) is 31.7 Å². The molecule has 1 aliphatic rings. The first-order chi connectivity index (χ1) is 10.1. The summed E-state index contributed by atoms with van der Waals surface area (Å²) in [5.74, 6) is 1.10. The Morgan fingerprint density at radius 2 is 1.81 bits per heavy atom. The summed E-state index contributed by atoms with van der Waals surface area (Å²) in [6.45, 7) is 4.28. The molecule has 3 heteroatoms. The van der Waals surface area contributed by atoms with Gasteiger partial charge in [0.1, 0.15) is 11.6 Å². The van der Waals surface area contributed by atoms with Gasteiger partial charge in [-0.15, -0.1) is 0 Å². The van der Waals surface area contributed by atoms with Crippen molar-refractivity contribution in [3.05, 3.63) is 29.6 Å². The van der Waals surface area contributed by atoms with Crippen molar-refractivity contribution < 1.29 is 9.13 Å². The van der Waals surface area contributed by atoms with Gasteiger partial charge >= 0.3 is 0 Å². The van der Waals surface area contributed by atoms with Crippen molar-refractivity contribution in [3.63, 3.8) is 0 Å². The zero-order valence-electron chi connectivity index (χ0n) is 13.5. The quantitative estimate of drug-likeness (QED) is 0.784. The molecule has 0 amide bonds. The fourth-order valence-corrected chi connectivity index (χ4v) is 3.42. The van der Waals surface area contributed by atoms with E-state index < -0.39 is 0 Å². The number of methoxy groups -OCH3 is 1. The van der Waals surface area contributed by atoms with E-state index >= 15 is 0 Å². The van der Waals surface area contributed by atoms with Gasteiger partial charge in [-0.25, -0.2) is 4.39 Å². The fraction of sp³-hybridized carbons (Fsp3) is 0.667. The number of benzene rings is 1. The Labute approximate surface area is 128 Å². The third-order valence-electron chi connectivity index (χ3n) is 4.79. The molecule has 0 saturated heterocycles. The third kappa shape index (κ3) is 4.44. The number of nitrogens with one attached hydrogen (secondary N) is 1. The molecule has 1 fully saturated rings. The lowest BCUT2D eigenvalue weighted by atomic mass is 9.92. The Bertz CT molecular complexity index is 441. The van der Waals surface area contributed by atoms with Crippen molar-refractivity contribution in [3.8, 4) is 5.75 Å². The first-order valence-corrected chi connectivity index (χ1v) is 8.21. The van der Waals surface area contributed by atoms with Crippen LogP contribution in [0.2, 0.25) is 0 Å². The molecule has 2 nitrogen and oxygen atoms in total. The minimum atomic E-state index is -0.192. The van der Waals surface area contributed by atoms with E-state index in [1.54, 1.807) is 7.11 Å². The molecule has 1 unspecified atom stereocenters. The van der Waals surface area contributed by atoms with E-state index in [0.717, 1.165) is 11.5 Å². The van der Waals surface area contributed by atoms with Crippen molar-refractivity contribution in [2.45, 2.75) is 64.5 Å². The molecule has 0 spiro atoms. The molecule has 1 N–H and O–H groups in total. The first-order valence-electron chi connectivity index (χ1n) is 8.21. The van der Waals surface area contributed by atoms with Gasteiger partial charge in [0.25, 0.3) is 0 Å². The predicted molar refractivity (Wildman–Crippen MR) is 85.2 cm³/mol. The monoisotopic (exact) mass is 293 g/mol. The zero-order chi connectivity index (χ0) is 15.2. The standard InChI is InChI=1S/C18H28FNO/c1-13(15-8-6-4-5-7-9-15)20-14(2)17-11-10-16(21-3)12-18(17)19/h10-15,20H,4-9H2,1-3H3/t13-,14?/m0/s1. The summed E-state index contributed by atoms with van der Waals surface area (Å²) in [5.41, 5.74) is 0.719. The minimum absolute atomic E-state index is 0.0224. The molecule has 1 aromatic carbocycles. The first kappa shape index (κ1) is 16.3. The topological polar surface area (TPSA) is 21.3 Å². The fourth-order valence-electron chi connectivity index (χ4n) is 3.42.